The fourth-order valence-electron chi connectivity index (χ4n) is 3.54. The predicted molar refractivity (Wildman–Crippen MR) is 153 cm³/mol. The minimum atomic E-state index is -0.721. The molecular weight excluding hydrogens is 596 g/mol. The van der Waals surface area contributed by atoms with Crippen molar-refractivity contribution in [2.75, 3.05) is 25.1 Å². The van der Waals surface area contributed by atoms with Crippen LogP contribution in [0.3, 0.4) is 0 Å². The average Bonchev–Trinajstić information content (AvgIpc) is 2.98. The summed E-state index contributed by atoms with van der Waals surface area (Å²) in [5.41, 5.74) is 3.51. The van der Waals surface area contributed by atoms with Crippen LogP contribution < -0.4 is 15.1 Å². The first-order valence-corrected chi connectivity index (χ1v) is 12.8. The highest BCUT2D eigenvalue weighted by molar-refractivity contribution is 9.10. The van der Waals surface area contributed by atoms with Gasteiger partial charge in [0.1, 0.15) is 11.5 Å². The predicted octanol–water partition coefficient (Wildman–Crippen LogP) is 5.58. The number of benzene rings is 3. The number of carbonyl (C=O) groups excluding carboxylic acids is 1. The average molecular weight is 619 g/mol. The number of hydrazone groups is 1. The molecule has 41 heavy (non-hydrogen) atoms. The quantitative estimate of drug-likeness (QED) is 0.0914. The third kappa shape index (κ3) is 8.32. The Morgan fingerprint density at radius 3 is 2.37 bits per heavy atom. The third-order valence-electron chi connectivity index (χ3n) is 5.57. The molecule has 0 fully saturated rings. The van der Waals surface area contributed by atoms with Crippen molar-refractivity contribution >= 4 is 44.7 Å². The molecule has 3 rings (SSSR count). The molecule has 0 bridgehead atoms. The summed E-state index contributed by atoms with van der Waals surface area (Å²) >= 11 is 3.26. The summed E-state index contributed by atoms with van der Waals surface area (Å²) in [5.74, 6) is -0.745. The molecule has 0 unspecified atom stereocenters. The van der Waals surface area contributed by atoms with Gasteiger partial charge in [-0.15, -0.1) is 15.3 Å². The summed E-state index contributed by atoms with van der Waals surface area (Å²) in [5, 5.41) is 51.5. The topological polar surface area (TPSA) is 190 Å². The van der Waals surface area contributed by atoms with Crippen molar-refractivity contribution in [2.24, 2.45) is 15.3 Å². The second-order valence-electron chi connectivity index (χ2n) is 8.20. The summed E-state index contributed by atoms with van der Waals surface area (Å²) in [6.07, 6.45) is 0.500. The number of phenols is 1. The number of ether oxygens (including phenoxy) is 1. The van der Waals surface area contributed by atoms with E-state index < -0.39 is 10.8 Å². The van der Waals surface area contributed by atoms with E-state index in [0.717, 1.165) is 0 Å². The van der Waals surface area contributed by atoms with Gasteiger partial charge in [0.15, 0.2) is 0 Å². The van der Waals surface area contributed by atoms with Gasteiger partial charge in [-0.05, 0) is 42.5 Å². The highest BCUT2D eigenvalue weighted by atomic mass is 79.9. The van der Waals surface area contributed by atoms with Crippen LogP contribution in [0.5, 0.6) is 11.5 Å². The van der Waals surface area contributed by atoms with Crippen LogP contribution in [-0.4, -0.2) is 42.0 Å². The molecule has 0 heterocycles. The van der Waals surface area contributed by atoms with E-state index in [0.29, 0.717) is 34.6 Å². The van der Waals surface area contributed by atoms with E-state index >= 15 is 0 Å². The van der Waals surface area contributed by atoms with Crippen molar-refractivity contribution in [3.63, 3.8) is 0 Å². The van der Waals surface area contributed by atoms with Gasteiger partial charge in [-0.3, -0.25) is 14.9 Å². The second kappa shape index (κ2) is 14.7. The maximum absolute atomic E-state index is 12.8. The molecule has 0 aromatic heterocycles. The molecule has 0 radical (unpaired) electrons. The fourth-order valence-corrected chi connectivity index (χ4v) is 3.90. The number of amides is 1. The molecule has 0 aliphatic carbocycles. The monoisotopic (exact) mass is 618 g/mol. The molecule has 208 valence electrons. The van der Waals surface area contributed by atoms with E-state index in [4.69, 9.17) is 15.3 Å². The summed E-state index contributed by atoms with van der Waals surface area (Å²) in [6, 6.07) is 18.9. The zero-order chi connectivity index (χ0) is 29.8. The van der Waals surface area contributed by atoms with Crippen molar-refractivity contribution in [2.45, 2.75) is 12.8 Å². The first-order chi connectivity index (χ1) is 19.8. The first-order valence-electron chi connectivity index (χ1n) is 12.0. The minimum Gasteiger partial charge on any atom is -0.507 e. The SMILES string of the molecule is COc1cc(N(CCC#N)CCC#N)ccc1/C(N=Nc1ccc([N+](=O)[O-])cc1)=N\NC(=O)c1cc(Br)ccc1O. The standard InChI is InChI=1S/C27H23BrN8O5/c1-41-25-17-21(35(14-2-12-29)15-3-13-30)9-10-22(25)26(32-31-19-5-7-20(8-6-19)36(39)40)33-34-27(38)23-16-18(28)4-11-24(23)37/h4-11,16-17,37H,2-3,14-15H2,1H3,(H,34,38)/b32-31?,33-26+. The van der Waals surface area contributed by atoms with Crippen LogP contribution in [0.2, 0.25) is 0 Å². The molecule has 0 spiro atoms. The van der Waals surface area contributed by atoms with E-state index in [1.165, 1.54) is 43.5 Å². The van der Waals surface area contributed by atoms with Crippen molar-refractivity contribution in [3.8, 4) is 23.6 Å². The Hall–Kier alpha value is -5.34. The molecule has 2 N–H and O–H groups in total. The van der Waals surface area contributed by atoms with Gasteiger partial charge in [0, 0.05) is 41.4 Å². The smallest absolute Gasteiger partial charge is 0.275 e. The lowest BCUT2D eigenvalue weighted by molar-refractivity contribution is -0.384. The number of azo groups is 1. The van der Waals surface area contributed by atoms with Crippen LogP contribution in [0.1, 0.15) is 28.8 Å². The van der Waals surface area contributed by atoms with Gasteiger partial charge in [0.05, 0.1) is 53.8 Å². The van der Waals surface area contributed by atoms with Crippen LogP contribution in [-0.2, 0) is 0 Å². The highest BCUT2D eigenvalue weighted by Crippen LogP contribution is 2.28. The largest absolute Gasteiger partial charge is 0.507 e. The van der Waals surface area contributed by atoms with Crippen LogP contribution in [0.4, 0.5) is 17.1 Å². The van der Waals surface area contributed by atoms with Gasteiger partial charge >= 0.3 is 0 Å². The number of nitro groups is 1. The summed E-state index contributed by atoms with van der Waals surface area (Å²) < 4.78 is 6.14. The van der Waals surface area contributed by atoms with Crippen molar-refractivity contribution in [3.05, 3.63) is 86.4 Å². The molecule has 0 aliphatic rings. The Morgan fingerprint density at radius 1 is 1.07 bits per heavy atom. The van der Waals surface area contributed by atoms with Crippen molar-refractivity contribution < 1.29 is 19.6 Å². The number of nitriles is 2. The number of halogens is 1. The van der Waals surface area contributed by atoms with E-state index in [1.807, 2.05) is 4.90 Å². The minimum absolute atomic E-state index is 0.0391. The van der Waals surface area contributed by atoms with Crippen LogP contribution >= 0.6 is 15.9 Å². The third-order valence-corrected chi connectivity index (χ3v) is 6.06. The van der Waals surface area contributed by atoms with Crippen molar-refractivity contribution in [1.29, 1.82) is 10.5 Å². The number of nitro benzene ring substituents is 1. The number of hydrogen-bond acceptors (Lipinski definition) is 10. The molecular formula is C27H23BrN8O5. The number of methoxy groups -OCH3 is 1. The Morgan fingerprint density at radius 2 is 1.76 bits per heavy atom. The number of aromatic hydroxyl groups is 1. The lowest BCUT2D eigenvalue weighted by Crippen LogP contribution is -2.25. The number of nitrogens with zero attached hydrogens (tertiary/aromatic N) is 7. The van der Waals surface area contributed by atoms with E-state index in [1.54, 1.807) is 24.3 Å². The zero-order valence-electron chi connectivity index (χ0n) is 21.7. The molecule has 3 aromatic rings. The van der Waals surface area contributed by atoms with Gasteiger partial charge < -0.3 is 14.7 Å². The zero-order valence-corrected chi connectivity index (χ0v) is 23.3. The van der Waals surface area contributed by atoms with Gasteiger partial charge in [-0.2, -0.15) is 10.5 Å². The van der Waals surface area contributed by atoms with Gasteiger partial charge in [0.25, 0.3) is 11.6 Å². The van der Waals surface area contributed by atoms with E-state index in [-0.39, 0.29) is 41.4 Å². The maximum Gasteiger partial charge on any atom is 0.275 e. The fraction of sp³-hybridized carbons (Fsp3) is 0.185. The first kappa shape index (κ1) is 30.2. The second-order valence-corrected chi connectivity index (χ2v) is 9.11. The number of rotatable bonds is 11. The van der Waals surface area contributed by atoms with Crippen LogP contribution in [0, 0.1) is 32.8 Å². The Kier molecular flexibility index (Phi) is 10.8. The maximum atomic E-state index is 12.8. The highest BCUT2D eigenvalue weighted by Gasteiger charge is 2.17. The Balaban J connectivity index is 2.02. The molecule has 1 amide bonds. The Labute approximate surface area is 243 Å². The van der Waals surface area contributed by atoms with E-state index in [2.05, 4.69) is 48.8 Å². The van der Waals surface area contributed by atoms with Crippen LogP contribution in [0.25, 0.3) is 0 Å². The molecule has 0 saturated carbocycles. The number of hydrogen-bond donors (Lipinski definition) is 2. The lowest BCUT2D eigenvalue weighted by atomic mass is 10.1. The van der Waals surface area contributed by atoms with Crippen LogP contribution in [0.15, 0.2) is 80.5 Å². The molecule has 0 aliphatic heterocycles. The van der Waals surface area contributed by atoms with Gasteiger partial charge in [0.2, 0.25) is 5.84 Å². The van der Waals surface area contributed by atoms with Gasteiger partial charge in [-0.1, -0.05) is 15.9 Å². The normalized spacial score (nSPS) is 11.0. The van der Waals surface area contributed by atoms with E-state index in [9.17, 15) is 20.0 Å². The van der Waals surface area contributed by atoms with Crippen molar-refractivity contribution in [1.82, 2.24) is 5.43 Å². The Bertz CT molecular complexity index is 1540. The summed E-state index contributed by atoms with van der Waals surface area (Å²) in [6.45, 7) is 0.793. The molecule has 14 heteroatoms. The number of nitrogens with one attached hydrogen (secondary N) is 1. The number of non-ortho nitro benzene ring substituents is 1. The summed E-state index contributed by atoms with van der Waals surface area (Å²) in [4.78, 5) is 25.1. The summed E-state index contributed by atoms with van der Waals surface area (Å²) in [7, 11) is 1.43. The number of anilines is 1. The molecule has 3 aromatic carbocycles. The number of amidine groups is 1. The molecule has 0 saturated heterocycles. The molecule has 13 nitrogen and oxygen atoms in total. The number of phenolic OH excluding ortho intramolecular Hbond substituents is 1. The number of carbonyl (C=O) groups is 1. The van der Waals surface area contributed by atoms with Gasteiger partial charge in [-0.25, -0.2) is 5.43 Å². The lowest BCUT2D eigenvalue weighted by Gasteiger charge is -2.23. The molecule has 0 atom stereocenters.